The van der Waals surface area contributed by atoms with Crippen LogP contribution in [0.2, 0.25) is 0 Å². The van der Waals surface area contributed by atoms with Crippen LogP contribution in [0.4, 0.5) is 0 Å². The summed E-state index contributed by atoms with van der Waals surface area (Å²) >= 11 is 0. The van der Waals surface area contributed by atoms with Crippen molar-refractivity contribution in [3.63, 3.8) is 0 Å². The summed E-state index contributed by atoms with van der Waals surface area (Å²) in [6, 6.07) is 14.7. The van der Waals surface area contributed by atoms with E-state index in [1.807, 2.05) is 0 Å². The molecule has 0 saturated carbocycles. The van der Waals surface area contributed by atoms with E-state index in [1.165, 1.54) is 16.7 Å². The van der Waals surface area contributed by atoms with Gasteiger partial charge >= 0.3 is 0 Å². The third-order valence-corrected chi connectivity index (χ3v) is 4.39. The summed E-state index contributed by atoms with van der Waals surface area (Å²) in [5.41, 5.74) is 4.94. The number of methoxy groups -OCH3 is 1. The number of ether oxygens (including phenoxy) is 2. The molecule has 27 heavy (non-hydrogen) atoms. The lowest BCUT2D eigenvalue weighted by atomic mass is 10.1. The third kappa shape index (κ3) is 6.94. The molecule has 0 heterocycles. The summed E-state index contributed by atoms with van der Waals surface area (Å²) in [5, 5.41) is 6.74. The van der Waals surface area contributed by atoms with Crippen molar-refractivity contribution >= 4 is 5.96 Å². The van der Waals surface area contributed by atoms with E-state index in [9.17, 15) is 0 Å². The Bertz CT molecular complexity index is 744. The lowest BCUT2D eigenvalue weighted by Gasteiger charge is -2.15. The van der Waals surface area contributed by atoms with Gasteiger partial charge in [0.2, 0.25) is 0 Å². The number of rotatable bonds is 9. The van der Waals surface area contributed by atoms with Crippen LogP contribution in [-0.2, 0) is 17.7 Å². The predicted octanol–water partition coefficient (Wildman–Crippen LogP) is 3.24. The molecule has 2 rings (SSSR count). The zero-order chi connectivity index (χ0) is 19.5. The first-order valence-electron chi connectivity index (χ1n) is 9.34. The van der Waals surface area contributed by atoms with Gasteiger partial charge in [0.1, 0.15) is 12.4 Å². The minimum atomic E-state index is 0.538. The van der Waals surface area contributed by atoms with E-state index < -0.39 is 0 Å². The molecule has 0 spiro atoms. The van der Waals surface area contributed by atoms with Gasteiger partial charge < -0.3 is 20.1 Å². The smallest absolute Gasteiger partial charge is 0.191 e. The van der Waals surface area contributed by atoms with Crippen molar-refractivity contribution < 1.29 is 9.47 Å². The number of aliphatic imine (C=N–C) groups is 1. The second-order valence-electron chi connectivity index (χ2n) is 6.48. The Morgan fingerprint density at radius 2 is 1.81 bits per heavy atom. The highest BCUT2D eigenvalue weighted by molar-refractivity contribution is 5.79. The van der Waals surface area contributed by atoms with E-state index >= 15 is 0 Å². The number of aryl methyl sites for hydroxylation is 2. The number of nitrogens with one attached hydrogen (secondary N) is 2. The zero-order valence-electron chi connectivity index (χ0n) is 16.8. The fourth-order valence-corrected chi connectivity index (χ4v) is 2.78. The molecule has 5 heteroatoms. The van der Waals surface area contributed by atoms with E-state index in [-0.39, 0.29) is 0 Å². The average Bonchev–Trinajstić information content (AvgIpc) is 2.67. The molecule has 5 nitrogen and oxygen atoms in total. The second-order valence-corrected chi connectivity index (χ2v) is 6.48. The fourth-order valence-electron chi connectivity index (χ4n) is 2.78. The van der Waals surface area contributed by atoms with Gasteiger partial charge in [-0.1, -0.05) is 36.4 Å². The molecule has 0 radical (unpaired) electrons. The Labute approximate surface area is 162 Å². The first-order chi connectivity index (χ1) is 13.1. The number of benzene rings is 2. The number of hydrogen-bond donors (Lipinski definition) is 2. The molecule has 146 valence electrons. The molecule has 0 fully saturated rings. The van der Waals surface area contributed by atoms with Gasteiger partial charge in [0, 0.05) is 32.8 Å². The topological polar surface area (TPSA) is 54.9 Å². The van der Waals surface area contributed by atoms with Crippen LogP contribution in [0.1, 0.15) is 22.3 Å². The fraction of sp³-hybridized carbons (Fsp3) is 0.409. The maximum atomic E-state index is 5.85. The highest BCUT2D eigenvalue weighted by Gasteiger charge is 2.06. The van der Waals surface area contributed by atoms with Crippen LogP contribution >= 0.6 is 0 Å². The van der Waals surface area contributed by atoms with Crippen molar-refractivity contribution in [3.05, 3.63) is 64.7 Å². The van der Waals surface area contributed by atoms with Crippen LogP contribution in [0.25, 0.3) is 0 Å². The van der Waals surface area contributed by atoms with E-state index in [4.69, 9.17) is 9.47 Å². The molecule has 0 atom stereocenters. The highest BCUT2D eigenvalue weighted by atomic mass is 16.5. The van der Waals surface area contributed by atoms with Gasteiger partial charge in [-0.05, 0) is 43.0 Å². The van der Waals surface area contributed by atoms with E-state index in [0.717, 1.165) is 30.2 Å². The summed E-state index contributed by atoms with van der Waals surface area (Å²) in [6.45, 7) is 6.79. The predicted molar refractivity (Wildman–Crippen MR) is 112 cm³/mol. The minimum Gasteiger partial charge on any atom is -0.491 e. The summed E-state index contributed by atoms with van der Waals surface area (Å²) in [4.78, 5) is 4.31. The summed E-state index contributed by atoms with van der Waals surface area (Å²) in [7, 11) is 3.46. The van der Waals surface area contributed by atoms with Gasteiger partial charge in [-0.2, -0.15) is 0 Å². The quantitative estimate of drug-likeness (QED) is 0.405. The first kappa shape index (κ1) is 20.8. The normalized spacial score (nSPS) is 11.3. The molecule has 2 aromatic rings. The largest absolute Gasteiger partial charge is 0.491 e. The van der Waals surface area contributed by atoms with Crippen LogP contribution in [-0.4, -0.2) is 39.9 Å². The highest BCUT2D eigenvalue weighted by Crippen LogP contribution is 2.20. The van der Waals surface area contributed by atoms with Crippen molar-refractivity contribution in [2.24, 2.45) is 4.99 Å². The van der Waals surface area contributed by atoms with Crippen molar-refractivity contribution in [1.82, 2.24) is 10.6 Å². The van der Waals surface area contributed by atoms with Gasteiger partial charge in [0.05, 0.1) is 6.61 Å². The van der Waals surface area contributed by atoms with Crippen molar-refractivity contribution in [2.75, 3.05) is 33.9 Å². The standard InChI is InChI=1S/C22H31N3O2/c1-17-9-10-20(21(15-17)27-14-13-26-4)16-25-22(23-3)24-12-11-19-8-6-5-7-18(19)2/h5-10,15H,11-14,16H2,1-4H3,(H2,23,24,25). The average molecular weight is 370 g/mol. The van der Waals surface area contributed by atoms with Gasteiger partial charge in [0.25, 0.3) is 0 Å². The lowest BCUT2D eigenvalue weighted by Crippen LogP contribution is -2.38. The lowest BCUT2D eigenvalue weighted by molar-refractivity contribution is 0.145. The molecule has 0 aromatic heterocycles. The monoisotopic (exact) mass is 369 g/mol. The van der Waals surface area contributed by atoms with Crippen LogP contribution in [0.15, 0.2) is 47.5 Å². The summed E-state index contributed by atoms with van der Waals surface area (Å²) in [6.07, 6.45) is 0.962. The Morgan fingerprint density at radius 3 is 2.56 bits per heavy atom. The zero-order valence-corrected chi connectivity index (χ0v) is 16.8. The van der Waals surface area contributed by atoms with Gasteiger partial charge in [0.15, 0.2) is 5.96 Å². The first-order valence-corrected chi connectivity index (χ1v) is 9.34. The Balaban J connectivity index is 1.87. The molecule has 0 aliphatic carbocycles. The Hall–Kier alpha value is -2.53. The van der Waals surface area contributed by atoms with Gasteiger partial charge in [-0.15, -0.1) is 0 Å². The molecule has 0 aliphatic rings. The Kier molecular flexibility index (Phi) is 8.65. The molecule has 2 aromatic carbocycles. The van der Waals surface area contributed by atoms with Crippen molar-refractivity contribution in [3.8, 4) is 5.75 Å². The number of hydrogen-bond acceptors (Lipinski definition) is 3. The van der Waals surface area contributed by atoms with Crippen LogP contribution in [0.5, 0.6) is 5.75 Å². The molecular weight excluding hydrogens is 338 g/mol. The molecule has 0 aliphatic heterocycles. The molecule has 0 bridgehead atoms. The molecular formula is C22H31N3O2. The van der Waals surface area contributed by atoms with E-state index in [1.54, 1.807) is 14.2 Å². The maximum absolute atomic E-state index is 5.85. The molecule has 0 unspecified atom stereocenters. The second kappa shape index (κ2) is 11.2. The Morgan fingerprint density at radius 1 is 1.00 bits per heavy atom. The van der Waals surface area contributed by atoms with Crippen molar-refractivity contribution in [2.45, 2.75) is 26.8 Å². The van der Waals surface area contributed by atoms with Crippen LogP contribution in [0, 0.1) is 13.8 Å². The number of guanidine groups is 1. The summed E-state index contributed by atoms with van der Waals surface area (Å²) in [5.74, 6) is 1.67. The number of nitrogens with zero attached hydrogens (tertiary/aromatic N) is 1. The molecule has 0 saturated heterocycles. The van der Waals surface area contributed by atoms with Gasteiger partial charge in [-0.3, -0.25) is 4.99 Å². The van der Waals surface area contributed by atoms with Crippen LogP contribution < -0.4 is 15.4 Å². The SMILES string of the molecule is CN=C(NCCc1ccccc1C)NCc1ccc(C)cc1OCCOC. The van der Waals surface area contributed by atoms with Crippen LogP contribution in [0.3, 0.4) is 0 Å². The third-order valence-electron chi connectivity index (χ3n) is 4.39. The molecule has 0 amide bonds. The molecule has 2 N–H and O–H groups in total. The van der Waals surface area contributed by atoms with E-state index in [2.05, 4.69) is 71.9 Å². The summed E-state index contributed by atoms with van der Waals surface area (Å²) < 4.78 is 10.9. The van der Waals surface area contributed by atoms with Crippen molar-refractivity contribution in [1.29, 1.82) is 0 Å². The van der Waals surface area contributed by atoms with Gasteiger partial charge in [-0.25, -0.2) is 0 Å². The maximum Gasteiger partial charge on any atom is 0.191 e. The van der Waals surface area contributed by atoms with E-state index in [0.29, 0.717) is 19.8 Å². The minimum absolute atomic E-state index is 0.538.